The summed E-state index contributed by atoms with van der Waals surface area (Å²) in [5.41, 5.74) is 0.536. The number of benzene rings is 2. The summed E-state index contributed by atoms with van der Waals surface area (Å²) in [6, 6.07) is 11.0. The number of hydrogen-bond donors (Lipinski definition) is 2. The number of rotatable bonds is 8. The third-order valence-electron chi connectivity index (χ3n) is 6.51. The van der Waals surface area contributed by atoms with Gasteiger partial charge in [0, 0.05) is 25.4 Å². The first-order valence-corrected chi connectivity index (χ1v) is 11.3. The Morgan fingerprint density at radius 3 is 2.60 bits per heavy atom. The molecule has 1 aliphatic heterocycles. The van der Waals surface area contributed by atoms with Crippen molar-refractivity contribution in [3.05, 3.63) is 59.4 Å². The molecule has 0 spiro atoms. The lowest BCUT2D eigenvalue weighted by Crippen LogP contribution is -2.44. The molecular weight excluding hydrogens is 461 g/mol. The number of methoxy groups -OCH3 is 1. The number of carbonyl (C=O) groups excluding carboxylic acids is 2. The highest BCUT2D eigenvalue weighted by Gasteiger charge is 2.38. The fraction of sp³-hybridized carbons (Fsp3) is 0.400. The number of amides is 2. The molecule has 0 saturated carbocycles. The Bertz CT molecular complexity index is 1240. The van der Waals surface area contributed by atoms with E-state index in [0.29, 0.717) is 37.0 Å². The van der Waals surface area contributed by atoms with E-state index in [1.807, 2.05) is 24.3 Å². The fourth-order valence-corrected chi connectivity index (χ4v) is 4.52. The number of fused-ring (bicyclic) bond motifs is 1. The van der Waals surface area contributed by atoms with Gasteiger partial charge < -0.3 is 19.9 Å². The normalized spacial score (nSPS) is 18.0. The molecule has 10 heteroatoms. The van der Waals surface area contributed by atoms with Crippen LogP contribution in [-0.2, 0) is 35.8 Å². The van der Waals surface area contributed by atoms with Crippen LogP contribution in [0.4, 0.5) is 13.2 Å². The molecule has 7 nitrogen and oxygen atoms in total. The van der Waals surface area contributed by atoms with Crippen molar-refractivity contribution < 1.29 is 27.5 Å². The van der Waals surface area contributed by atoms with Crippen LogP contribution in [0.2, 0.25) is 0 Å². The Balaban J connectivity index is 1.38. The second-order valence-electron chi connectivity index (χ2n) is 8.92. The maximum absolute atomic E-state index is 13.0. The molecule has 0 unspecified atom stereocenters. The molecule has 2 heterocycles. The summed E-state index contributed by atoms with van der Waals surface area (Å²) in [4.78, 5) is 28.9. The number of carbonyl (C=O) groups is 2. The van der Waals surface area contributed by atoms with Crippen molar-refractivity contribution in [3.63, 3.8) is 0 Å². The number of nitrogens with zero attached hydrogens (tertiary/aromatic N) is 2. The molecule has 35 heavy (non-hydrogen) atoms. The molecule has 1 aliphatic rings. The van der Waals surface area contributed by atoms with E-state index in [4.69, 9.17) is 4.74 Å². The van der Waals surface area contributed by atoms with Crippen LogP contribution in [0.1, 0.15) is 42.6 Å². The smallest absolute Gasteiger partial charge is 0.416 e. The second-order valence-corrected chi connectivity index (χ2v) is 8.92. The molecule has 1 fully saturated rings. The molecule has 2 N–H and O–H groups in total. The average molecular weight is 489 g/mol. The van der Waals surface area contributed by atoms with Gasteiger partial charge in [0.15, 0.2) is 0 Å². The topological polar surface area (TPSA) is 85.2 Å². The summed E-state index contributed by atoms with van der Waals surface area (Å²) in [5, 5.41) is 5.86. The van der Waals surface area contributed by atoms with Crippen molar-refractivity contribution in [2.75, 3.05) is 7.11 Å². The number of alkyl halides is 3. The number of aryl methyl sites for hydroxylation is 1. The van der Waals surface area contributed by atoms with Crippen LogP contribution in [0, 0.1) is 0 Å². The lowest BCUT2D eigenvalue weighted by Gasteiger charge is -2.29. The lowest BCUT2D eigenvalue weighted by atomic mass is 9.85. The second kappa shape index (κ2) is 9.59. The third kappa shape index (κ3) is 5.58. The van der Waals surface area contributed by atoms with Gasteiger partial charge in [-0.3, -0.25) is 9.59 Å². The Kier molecular flexibility index (Phi) is 6.73. The van der Waals surface area contributed by atoms with Gasteiger partial charge in [0.05, 0.1) is 30.3 Å². The SMILES string of the molecule is COc1ccc(C[C@]2(CCC(=O)NCc3nc4cc(C(F)(F)F)ccc4n3C)CCC(=O)N2)cc1. The zero-order chi connectivity index (χ0) is 25.2. The van der Waals surface area contributed by atoms with Gasteiger partial charge >= 0.3 is 6.18 Å². The summed E-state index contributed by atoms with van der Waals surface area (Å²) in [6.45, 7) is 0.0865. The zero-order valence-corrected chi connectivity index (χ0v) is 19.5. The molecule has 0 bridgehead atoms. The van der Waals surface area contributed by atoms with E-state index >= 15 is 0 Å². The standard InChI is InChI=1S/C25H27F3N4O3/c1-32-20-8-5-17(25(26,27)28)13-19(20)30-21(32)15-29-22(33)9-11-24(12-10-23(34)31-24)14-16-3-6-18(35-2)7-4-16/h3-8,13H,9-12,14-15H2,1-2H3,(H,29,33)(H,31,34)/t24-/m0/s1. The molecule has 1 saturated heterocycles. The summed E-state index contributed by atoms with van der Waals surface area (Å²) in [7, 11) is 3.29. The molecule has 4 rings (SSSR count). The maximum atomic E-state index is 13.0. The van der Waals surface area contributed by atoms with E-state index in [0.717, 1.165) is 23.4 Å². The predicted octanol–water partition coefficient (Wildman–Crippen LogP) is 3.89. The Morgan fingerprint density at radius 2 is 1.97 bits per heavy atom. The molecule has 186 valence electrons. The van der Waals surface area contributed by atoms with E-state index in [1.165, 1.54) is 6.07 Å². The van der Waals surface area contributed by atoms with Crippen molar-refractivity contribution in [1.29, 1.82) is 0 Å². The molecule has 0 aliphatic carbocycles. The molecule has 2 aromatic carbocycles. The number of halogens is 3. The maximum Gasteiger partial charge on any atom is 0.416 e. The molecule has 0 radical (unpaired) electrons. The van der Waals surface area contributed by atoms with Crippen molar-refractivity contribution in [3.8, 4) is 5.75 Å². The average Bonchev–Trinajstić information content (AvgIpc) is 3.35. The lowest BCUT2D eigenvalue weighted by molar-refractivity contribution is -0.137. The van der Waals surface area contributed by atoms with Gasteiger partial charge in [0.25, 0.3) is 0 Å². The van der Waals surface area contributed by atoms with Crippen LogP contribution in [0.25, 0.3) is 11.0 Å². The molecule has 1 atom stereocenters. The molecule has 1 aromatic heterocycles. The monoisotopic (exact) mass is 488 g/mol. The van der Waals surface area contributed by atoms with E-state index in [9.17, 15) is 22.8 Å². The first kappa shape index (κ1) is 24.6. The van der Waals surface area contributed by atoms with E-state index in [1.54, 1.807) is 18.7 Å². The predicted molar refractivity (Wildman–Crippen MR) is 124 cm³/mol. The van der Waals surface area contributed by atoms with Crippen LogP contribution in [0.3, 0.4) is 0 Å². The number of hydrogen-bond acceptors (Lipinski definition) is 4. The summed E-state index contributed by atoms with van der Waals surface area (Å²) >= 11 is 0. The fourth-order valence-electron chi connectivity index (χ4n) is 4.52. The highest BCUT2D eigenvalue weighted by atomic mass is 19.4. The minimum Gasteiger partial charge on any atom is -0.497 e. The van der Waals surface area contributed by atoms with Gasteiger partial charge in [-0.15, -0.1) is 0 Å². The zero-order valence-electron chi connectivity index (χ0n) is 19.5. The van der Waals surface area contributed by atoms with E-state index in [-0.39, 0.29) is 30.3 Å². The largest absolute Gasteiger partial charge is 0.497 e. The third-order valence-corrected chi connectivity index (χ3v) is 6.51. The van der Waals surface area contributed by atoms with Gasteiger partial charge in [-0.1, -0.05) is 12.1 Å². The highest BCUT2D eigenvalue weighted by Crippen LogP contribution is 2.32. The van der Waals surface area contributed by atoms with Crippen LogP contribution in [0.5, 0.6) is 5.75 Å². The first-order valence-electron chi connectivity index (χ1n) is 11.3. The van der Waals surface area contributed by atoms with Crippen LogP contribution >= 0.6 is 0 Å². The van der Waals surface area contributed by atoms with Gasteiger partial charge in [-0.05, 0) is 55.2 Å². The minimum absolute atomic E-state index is 0.0307. The summed E-state index contributed by atoms with van der Waals surface area (Å²) in [5.74, 6) is 0.948. The van der Waals surface area contributed by atoms with Crippen molar-refractivity contribution in [2.45, 2.75) is 50.4 Å². The van der Waals surface area contributed by atoms with Crippen molar-refractivity contribution in [2.24, 2.45) is 7.05 Å². The Labute approximate surface area is 200 Å². The molecule has 3 aromatic rings. The van der Waals surface area contributed by atoms with Crippen molar-refractivity contribution >= 4 is 22.8 Å². The Hall–Kier alpha value is -3.56. The highest BCUT2D eigenvalue weighted by molar-refractivity contribution is 5.80. The van der Waals surface area contributed by atoms with Crippen LogP contribution in [-0.4, -0.2) is 34.0 Å². The minimum atomic E-state index is -4.45. The van der Waals surface area contributed by atoms with Gasteiger partial charge in [0.2, 0.25) is 11.8 Å². The number of ether oxygens (including phenoxy) is 1. The van der Waals surface area contributed by atoms with Crippen LogP contribution < -0.4 is 15.4 Å². The Morgan fingerprint density at radius 1 is 1.23 bits per heavy atom. The van der Waals surface area contributed by atoms with Crippen molar-refractivity contribution in [1.82, 2.24) is 20.2 Å². The summed E-state index contributed by atoms with van der Waals surface area (Å²) < 4.78 is 45.8. The van der Waals surface area contributed by atoms with Gasteiger partial charge in [-0.2, -0.15) is 13.2 Å². The number of imidazole rings is 1. The number of nitrogens with one attached hydrogen (secondary N) is 2. The number of aromatic nitrogens is 2. The molecule has 2 amide bonds. The quantitative estimate of drug-likeness (QED) is 0.504. The van der Waals surface area contributed by atoms with Crippen LogP contribution in [0.15, 0.2) is 42.5 Å². The summed E-state index contributed by atoms with van der Waals surface area (Å²) in [6.07, 6.45) is -2.14. The first-order chi connectivity index (χ1) is 16.6. The van der Waals surface area contributed by atoms with E-state index < -0.39 is 17.3 Å². The molecular formula is C25H27F3N4O3. The van der Waals surface area contributed by atoms with Gasteiger partial charge in [0.1, 0.15) is 11.6 Å². The van der Waals surface area contributed by atoms with Gasteiger partial charge in [-0.25, -0.2) is 4.98 Å². The van der Waals surface area contributed by atoms with E-state index in [2.05, 4.69) is 15.6 Å².